The van der Waals surface area contributed by atoms with E-state index >= 15 is 0 Å². The quantitative estimate of drug-likeness (QED) is 0.863. The maximum Gasteiger partial charge on any atom is 0.0793 e. The average Bonchev–Trinajstić information content (AvgIpc) is 2.42. The fourth-order valence-electron chi connectivity index (χ4n) is 2.48. The van der Waals surface area contributed by atoms with E-state index in [2.05, 4.69) is 9.80 Å². The second kappa shape index (κ2) is 7.96. The maximum absolute atomic E-state index is 10.2. The van der Waals surface area contributed by atoms with Gasteiger partial charge in [-0.2, -0.15) is 0 Å². The van der Waals surface area contributed by atoms with Gasteiger partial charge in [-0.15, -0.1) is 0 Å². The average molecular weight is 299 g/mol. The molecule has 1 aliphatic rings. The lowest BCUT2D eigenvalue weighted by molar-refractivity contribution is 0.00825. The number of β-amino-alcohol motifs (C(OH)–C–C–N with tert-alkyl or cyclic N) is 1. The highest BCUT2D eigenvalue weighted by Gasteiger charge is 2.16. The smallest absolute Gasteiger partial charge is 0.0793 e. The molecule has 0 amide bonds. The van der Waals surface area contributed by atoms with Gasteiger partial charge in [0.15, 0.2) is 0 Å². The first-order valence-electron chi connectivity index (χ1n) is 7.05. The second-order valence-corrected chi connectivity index (χ2v) is 5.76. The van der Waals surface area contributed by atoms with E-state index in [1.54, 1.807) is 0 Å². The third-order valence-electron chi connectivity index (χ3n) is 3.49. The van der Waals surface area contributed by atoms with Crippen molar-refractivity contribution in [1.82, 2.24) is 9.80 Å². The minimum atomic E-state index is -0.347. The SMILES string of the molecule is CN(Cc1ccccc1Cl)CC(O)CN1CCOCC1. The molecular weight excluding hydrogens is 276 g/mol. The number of halogens is 1. The van der Waals surface area contributed by atoms with Crippen molar-refractivity contribution >= 4 is 11.6 Å². The second-order valence-electron chi connectivity index (χ2n) is 5.35. The van der Waals surface area contributed by atoms with Gasteiger partial charge in [0.2, 0.25) is 0 Å². The van der Waals surface area contributed by atoms with Gasteiger partial charge >= 0.3 is 0 Å². The minimum absolute atomic E-state index is 0.347. The summed E-state index contributed by atoms with van der Waals surface area (Å²) in [7, 11) is 2.01. The van der Waals surface area contributed by atoms with Gasteiger partial charge in [0.05, 0.1) is 19.3 Å². The molecule has 0 spiro atoms. The number of hydrogen-bond acceptors (Lipinski definition) is 4. The summed E-state index contributed by atoms with van der Waals surface area (Å²) in [5, 5.41) is 10.9. The Morgan fingerprint density at radius 1 is 1.35 bits per heavy atom. The molecule has 1 unspecified atom stereocenters. The number of benzene rings is 1. The van der Waals surface area contributed by atoms with Crippen molar-refractivity contribution in [2.24, 2.45) is 0 Å². The Bertz CT molecular complexity index is 411. The normalized spacial score (nSPS) is 18.4. The molecule has 1 aromatic rings. The molecule has 1 saturated heterocycles. The zero-order chi connectivity index (χ0) is 14.4. The van der Waals surface area contributed by atoms with Crippen LogP contribution in [0.5, 0.6) is 0 Å². The molecule has 112 valence electrons. The summed E-state index contributed by atoms with van der Waals surface area (Å²) in [6, 6.07) is 7.83. The number of aliphatic hydroxyl groups is 1. The van der Waals surface area contributed by atoms with E-state index in [1.807, 2.05) is 31.3 Å². The summed E-state index contributed by atoms with van der Waals surface area (Å²) >= 11 is 6.15. The third-order valence-corrected chi connectivity index (χ3v) is 3.86. The molecule has 2 rings (SSSR count). The highest BCUT2D eigenvalue weighted by molar-refractivity contribution is 6.31. The first-order chi connectivity index (χ1) is 9.65. The molecule has 0 aromatic heterocycles. The predicted octanol–water partition coefficient (Wildman–Crippen LogP) is 1.46. The molecule has 0 bridgehead atoms. The van der Waals surface area contributed by atoms with E-state index in [1.165, 1.54) is 0 Å². The maximum atomic E-state index is 10.2. The molecule has 1 heterocycles. The molecule has 1 atom stereocenters. The Hall–Kier alpha value is -0.650. The van der Waals surface area contributed by atoms with E-state index in [9.17, 15) is 5.11 Å². The van der Waals surface area contributed by atoms with Crippen LogP contribution in [0.4, 0.5) is 0 Å². The monoisotopic (exact) mass is 298 g/mol. The predicted molar refractivity (Wildman–Crippen MR) is 81.1 cm³/mol. The number of aliphatic hydroxyl groups excluding tert-OH is 1. The van der Waals surface area contributed by atoms with E-state index in [-0.39, 0.29) is 6.10 Å². The lowest BCUT2D eigenvalue weighted by Crippen LogP contribution is -2.43. The number of hydrogen-bond donors (Lipinski definition) is 1. The zero-order valence-corrected chi connectivity index (χ0v) is 12.7. The summed E-state index contributed by atoms with van der Waals surface area (Å²) in [5.74, 6) is 0. The Morgan fingerprint density at radius 3 is 2.75 bits per heavy atom. The van der Waals surface area contributed by atoms with Crippen LogP contribution >= 0.6 is 11.6 Å². The van der Waals surface area contributed by atoms with E-state index in [0.29, 0.717) is 13.1 Å². The van der Waals surface area contributed by atoms with Crippen molar-refractivity contribution < 1.29 is 9.84 Å². The van der Waals surface area contributed by atoms with Gasteiger partial charge in [-0.05, 0) is 18.7 Å². The number of likely N-dealkylation sites (N-methyl/N-ethyl adjacent to an activating group) is 1. The molecule has 1 aliphatic heterocycles. The number of rotatable bonds is 6. The van der Waals surface area contributed by atoms with Gasteiger partial charge < -0.3 is 9.84 Å². The van der Waals surface area contributed by atoms with E-state index < -0.39 is 0 Å². The number of ether oxygens (including phenoxy) is 1. The van der Waals surface area contributed by atoms with E-state index in [0.717, 1.165) is 43.4 Å². The van der Waals surface area contributed by atoms with Gasteiger partial charge in [-0.3, -0.25) is 9.80 Å². The minimum Gasteiger partial charge on any atom is -0.390 e. The molecule has 0 radical (unpaired) electrons. The molecule has 1 aromatic carbocycles. The summed E-state index contributed by atoms with van der Waals surface area (Å²) in [6.07, 6.45) is -0.347. The largest absolute Gasteiger partial charge is 0.390 e. The molecule has 0 saturated carbocycles. The van der Waals surface area contributed by atoms with Gasteiger partial charge in [-0.25, -0.2) is 0 Å². The molecule has 0 aliphatic carbocycles. The van der Waals surface area contributed by atoms with Crippen LogP contribution in [0.2, 0.25) is 5.02 Å². The van der Waals surface area contributed by atoms with Crippen LogP contribution in [0.15, 0.2) is 24.3 Å². The van der Waals surface area contributed by atoms with E-state index in [4.69, 9.17) is 16.3 Å². The molecule has 5 heteroatoms. The summed E-state index contributed by atoms with van der Waals surface area (Å²) in [5.41, 5.74) is 1.09. The van der Waals surface area contributed by atoms with Gasteiger partial charge in [0, 0.05) is 37.7 Å². The van der Waals surface area contributed by atoms with Crippen LogP contribution < -0.4 is 0 Å². The highest BCUT2D eigenvalue weighted by Crippen LogP contribution is 2.16. The number of morpholine rings is 1. The summed E-state index contributed by atoms with van der Waals surface area (Å²) in [4.78, 5) is 4.35. The molecule has 20 heavy (non-hydrogen) atoms. The Labute approximate surface area is 125 Å². The van der Waals surface area contributed by atoms with Crippen LogP contribution in [0.3, 0.4) is 0 Å². The fourth-order valence-corrected chi connectivity index (χ4v) is 2.68. The van der Waals surface area contributed by atoms with Crippen LogP contribution in [-0.4, -0.2) is 67.5 Å². The Morgan fingerprint density at radius 2 is 2.05 bits per heavy atom. The summed E-state index contributed by atoms with van der Waals surface area (Å²) in [6.45, 7) is 5.44. The van der Waals surface area contributed by atoms with Crippen LogP contribution in [0.1, 0.15) is 5.56 Å². The number of nitrogens with zero attached hydrogens (tertiary/aromatic N) is 2. The van der Waals surface area contributed by atoms with Crippen molar-refractivity contribution in [2.75, 3.05) is 46.4 Å². The molecule has 1 N–H and O–H groups in total. The fraction of sp³-hybridized carbons (Fsp3) is 0.600. The van der Waals surface area contributed by atoms with Crippen LogP contribution in [0, 0.1) is 0 Å². The molecular formula is C15H23ClN2O2. The van der Waals surface area contributed by atoms with Crippen LogP contribution in [-0.2, 0) is 11.3 Å². The Balaban J connectivity index is 1.75. The standard InChI is InChI=1S/C15H23ClN2O2/c1-17(10-13-4-2-3-5-15(13)16)11-14(19)12-18-6-8-20-9-7-18/h2-5,14,19H,6-12H2,1H3. The van der Waals surface area contributed by atoms with Crippen molar-refractivity contribution in [2.45, 2.75) is 12.6 Å². The topological polar surface area (TPSA) is 35.9 Å². The first kappa shape index (κ1) is 15.7. The zero-order valence-electron chi connectivity index (χ0n) is 12.0. The van der Waals surface area contributed by atoms with Gasteiger partial charge in [-0.1, -0.05) is 29.8 Å². The van der Waals surface area contributed by atoms with Crippen molar-refractivity contribution in [3.8, 4) is 0 Å². The Kier molecular flexibility index (Phi) is 6.26. The van der Waals surface area contributed by atoms with Crippen molar-refractivity contribution in [1.29, 1.82) is 0 Å². The van der Waals surface area contributed by atoms with Crippen molar-refractivity contribution in [3.05, 3.63) is 34.9 Å². The van der Waals surface area contributed by atoms with Crippen LogP contribution in [0.25, 0.3) is 0 Å². The van der Waals surface area contributed by atoms with Crippen molar-refractivity contribution in [3.63, 3.8) is 0 Å². The van der Waals surface area contributed by atoms with Gasteiger partial charge in [0.25, 0.3) is 0 Å². The molecule has 4 nitrogen and oxygen atoms in total. The highest BCUT2D eigenvalue weighted by atomic mass is 35.5. The first-order valence-corrected chi connectivity index (χ1v) is 7.43. The third kappa shape index (κ3) is 5.04. The lowest BCUT2D eigenvalue weighted by atomic mass is 10.2. The lowest BCUT2D eigenvalue weighted by Gasteiger charge is -2.30. The molecule has 1 fully saturated rings. The summed E-state index contributed by atoms with van der Waals surface area (Å²) < 4.78 is 5.31. The van der Waals surface area contributed by atoms with Gasteiger partial charge in [0.1, 0.15) is 0 Å².